The first-order valence-electron chi connectivity index (χ1n) is 6.15. The Kier molecular flexibility index (Phi) is 4.22. The van der Waals surface area contributed by atoms with Gasteiger partial charge < -0.3 is 5.32 Å². The third kappa shape index (κ3) is 3.35. The highest BCUT2D eigenvalue weighted by atomic mass is 35.5. The fourth-order valence-corrected chi connectivity index (χ4v) is 2.50. The zero-order valence-corrected chi connectivity index (χ0v) is 12.6. The molecular weight excluding hydrogens is 324 g/mol. The Balaban J connectivity index is 1.68. The molecule has 0 fully saturated rings. The normalized spacial score (nSPS) is 10.2. The van der Waals surface area contributed by atoms with Crippen LogP contribution >= 0.6 is 22.9 Å². The summed E-state index contributed by atoms with van der Waals surface area (Å²) in [6, 6.07) is 6.53. The first-order chi connectivity index (χ1) is 10.7. The van der Waals surface area contributed by atoms with Crippen molar-refractivity contribution in [2.45, 2.75) is 0 Å². The Bertz CT molecular complexity index is 794. The lowest BCUT2D eigenvalue weighted by Crippen LogP contribution is -2.19. The van der Waals surface area contributed by atoms with Gasteiger partial charge in [-0.05, 0) is 24.3 Å². The predicted octanol–water partition coefficient (Wildman–Crippen LogP) is 3.29. The maximum Gasteiger partial charge on any atom is 0.325 e. The zero-order valence-electron chi connectivity index (χ0n) is 11.0. The van der Waals surface area contributed by atoms with Crippen molar-refractivity contribution in [1.82, 2.24) is 20.2 Å². The molecule has 3 aromatic heterocycles. The van der Waals surface area contributed by atoms with Crippen LogP contribution in [0.25, 0.3) is 10.6 Å². The number of anilines is 2. The number of halogens is 1. The Morgan fingerprint density at radius 3 is 2.77 bits per heavy atom. The number of aromatic nitrogens is 4. The second-order valence-corrected chi connectivity index (χ2v) is 5.41. The number of urea groups is 1. The Morgan fingerprint density at radius 1 is 1.14 bits per heavy atom. The molecule has 0 unspecified atom stereocenters. The van der Waals surface area contributed by atoms with Crippen molar-refractivity contribution in [3.8, 4) is 10.6 Å². The van der Waals surface area contributed by atoms with Crippen LogP contribution in [0.1, 0.15) is 0 Å². The van der Waals surface area contributed by atoms with E-state index in [9.17, 15) is 4.79 Å². The molecule has 3 aromatic rings. The van der Waals surface area contributed by atoms with Crippen molar-refractivity contribution in [3.05, 3.63) is 48.0 Å². The summed E-state index contributed by atoms with van der Waals surface area (Å²) in [4.78, 5) is 19.8. The molecule has 2 amide bonds. The van der Waals surface area contributed by atoms with Gasteiger partial charge in [0.05, 0.1) is 5.69 Å². The van der Waals surface area contributed by atoms with Crippen molar-refractivity contribution < 1.29 is 4.79 Å². The highest BCUT2D eigenvalue weighted by molar-refractivity contribution is 7.18. The van der Waals surface area contributed by atoms with Crippen LogP contribution in [0.15, 0.2) is 42.9 Å². The molecule has 0 spiro atoms. The number of amides is 2. The van der Waals surface area contributed by atoms with Crippen LogP contribution in [0.4, 0.5) is 15.6 Å². The molecule has 9 heteroatoms. The molecule has 0 aliphatic rings. The lowest BCUT2D eigenvalue weighted by Gasteiger charge is -2.05. The van der Waals surface area contributed by atoms with Crippen molar-refractivity contribution in [2.24, 2.45) is 0 Å². The van der Waals surface area contributed by atoms with E-state index in [0.717, 1.165) is 5.56 Å². The van der Waals surface area contributed by atoms with Crippen molar-refractivity contribution in [3.63, 3.8) is 0 Å². The van der Waals surface area contributed by atoms with E-state index in [-0.39, 0.29) is 5.15 Å². The monoisotopic (exact) mass is 332 g/mol. The van der Waals surface area contributed by atoms with Gasteiger partial charge in [0.1, 0.15) is 0 Å². The van der Waals surface area contributed by atoms with E-state index in [4.69, 9.17) is 11.6 Å². The number of pyridine rings is 2. The van der Waals surface area contributed by atoms with E-state index < -0.39 is 6.03 Å². The van der Waals surface area contributed by atoms with E-state index >= 15 is 0 Å². The van der Waals surface area contributed by atoms with Crippen LogP contribution < -0.4 is 10.6 Å². The number of rotatable bonds is 3. The Morgan fingerprint density at radius 2 is 2.00 bits per heavy atom. The highest BCUT2D eigenvalue weighted by Gasteiger charge is 2.11. The van der Waals surface area contributed by atoms with E-state index in [1.165, 1.54) is 17.5 Å². The molecule has 0 aliphatic heterocycles. The largest absolute Gasteiger partial charge is 0.325 e. The number of nitrogens with one attached hydrogen (secondary N) is 2. The molecule has 0 atom stereocenters. The molecular formula is C13H9ClN6OS. The summed E-state index contributed by atoms with van der Waals surface area (Å²) in [5.74, 6) is 0. The van der Waals surface area contributed by atoms with Gasteiger partial charge in [-0.15, -0.1) is 10.2 Å². The minimum Gasteiger partial charge on any atom is -0.305 e. The fraction of sp³-hybridized carbons (Fsp3) is 0. The summed E-state index contributed by atoms with van der Waals surface area (Å²) in [6.07, 6.45) is 4.89. The topological polar surface area (TPSA) is 92.7 Å². The molecule has 0 saturated carbocycles. The van der Waals surface area contributed by atoms with E-state index in [0.29, 0.717) is 15.8 Å². The molecule has 0 aromatic carbocycles. The molecule has 3 rings (SSSR count). The molecule has 110 valence electrons. The average Bonchev–Trinajstić information content (AvgIpc) is 2.99. The molecule has 2 N–H and O–H groups in total. The molecule has 22 heavy (non-hydrogen) atoms. The maximum absolute atomic E-state index is 11.9. The quantitative estimate of drug-likeness (QED) is 0.718. The standard InChI is InChI=1S/C13H9ClN6OS/c14-10-9(4-2-6-16-10)17-12(21)18-13-20-19-11(22-13)8-3-1-5-15-7-8/h1-7H,(H2,17,18,20,21). The van der Waals surface area contributed by atoms with Crippen LogP contribution in [0.5, 0.6) is 0 Å². The third-order valence-electron chi connectivity index (χ3n) is 2.56. The van der Waals surface area contributed by atoms with Gasteiger partial charge in [0, 0.05) is 24.2 Å². The molecule has 0 aliphatic carbocycles. The van der Waals surface area contributed by atoms with Gasteiger partial charge in [-0.1, -0.05) is 22.9 Å². The summed E-state index contributed by atoms with van der Waals surface area (Å²) in [5.41, 5.74) is 1.25. The van der Waals surface area contributed by atoms with Crippen LogP contribution in [-0.4, -0.2) is 26.2 Å². The SMILES string of the molecule is O=C(Nc1nnc(-c2cccnc2)s1)Nc1cccnc1Cl. The average molecular weight is 333 g/mol. The van der Waals surface area contributed by atoms with Gasteiger partial charge in [0.15, 0.2) is 10.2 Å². The first-order valence-corrected chi connectivity index (χ1v) is 7.34. The second-order valence-electron chi connectivity index (χ2n) is 4.07. The van der Waals surface area contributed by atoms with Crippen LogP contribution in [0.2, 0.25) is 5.15 Å². The minimum atomic E-state index is -0.469. The predicted molar refractivity (Wildman–Crippen MR) is 85.0 cm³/mol. The van der Waals surface area contributed by atoms with Gasteiger partial charge in [0.25, 0.3) is 0 Å². The van der Waals surface area contributed by atoms with Gasteiger partial charge in [-0.2, -0.15) is 0 Å². The molecule has 0 bridgehead atoms. The van der Waals surface area contributed by atoms with Crippen LogP contribution in [0, 0.1) is 0 Å². The fourth-order valence-electron chi connectivity index (χ4n) is 1.61. The second kappa shape index (κ2) is 6.46. The Labute approximate surface area is 134 Å². The van der Waals surface area contributed by atoms with Crippen molar-refractivity contribution in [2.75, 3.05) is 10.6 Å². The Hall–Kier alpha value is -2.58. The summed E-state index contributed by atoms with van der Waals surface area (Å²) >= 11 is 7.12. The van der Waals surface area contributed by atoms with Gasteiger partial charge in [0.2, 0.25) is 5.13 Å². The third-order valence-corrected chi connectivity index (χ3v) is 3.75. The molecule has 7 nitrogen and oxygen atoms in total. The first kappa shape index (κ1) is 14.4. The highest BCUT2D eigenvalue weighted by Crippen LogP contribution is 2.25. The number of carbonyl (C=O) groups is 1. The van der Waals surface area contributed by atoms with Crippen LogP contribution in [0.3, 0.4) is 0 Å². The number of hydrogen-bond acceptors (Lipinski definition) is 6. The lowest BCUT2D eigenvalue weighted by atomic mass is 10.3. The number of nitrogens with zero attached hydrogens (tertiary/aromatic N) is 4. The smallest absolute Gasteiger partial charge is 0.305 e. The minimum absolute atomic E-state index is 0.214. The summed E-state index contributed by atoms with van der Waals surface area (Å²) < 4.78 is 0. The summed E-state index contributed by atoms with van der Waals surface area (Å²) in [5, 5.41) is 14.4. The van der Waals surface area contributed by atoms with Gasteiger partial charge >= 0.3 is 6.03 Å². The van der Waals surface area contributed by atoms with E-state index in [1.807, 2.05) is 6.07 Å². The summed E-state index contributed by atoms with van der Waals surface area (Å²) in [6.45, 7) is 0. The molecule has 3 heterocycles. The van der Waals surface area contributed by atoms with E-state index in [2.05, 4.69) is 30.8 Å². The molecule has 0 radical (unpaired) electrons. The number of carbonyl (C=O) groups excluding carboxylic acids is 1. The van der Waals surface area contributed by atoms with Gasteiger partial charge in [-0.3, -0.25) is 10.3 Å². The summed E-state index contributed by atoms with van der Waals surface area (Å²) in [7, 11) is 0. The maximum atomic E-state index is 11.9. The zero-order chi connectivity index (χ0) is 15.4. The van der Waals surface area contributed by atoms with Gasteiger partial charge in [-0.25, -0.2) is 9.78 Å². The van der Waals surface area contributed by atoms with E-state index in [1.54, 1.807) is 30.6 Å². The lowest BCUT2D eigenvalue weighted by molar-refractivity contribution is 0.262. The van der Waals surface area contributed by atoms with Crippen LogP contribution in [-0.2, 0) is 0 Å². The number of hydrogen-bond donors (Lipinski definition) is 2. The van der Waals surface area contributed by atoms with Crippen molar-refractivity contribution in [1.29, 1.82) is 0 Å². The van der Waals surface area contributed by atoms with Crippen molar-refractivity contribution >= 4 is 39.8 Å². The molecule has 0 saturated heterocycles.